The molecule has 122 valence electrons. The Bertz CT molecular complexity index is 677. The van der Waals surface area contributed by atoms with Gasteiger partial charge in [0.05, 0.1) is 11.3 Å². The first kappa shape index (κ1) is 16.0. The number of hydrogen-bond acceptors (Lipinski definition) is 2. The quantitative estimate of drug-likeness (QED) is 0.565. The summed E-state index contributed by atoms with van der Waals surface area (Å²) in [6, 6.07) is 6.47. The number of halogens is 2. The van der Waals surface area contributed by atoms with Crippen LogP contribution in [0.3, 0.4) is 0 Å². The minimum absolute atomic E-state index is 0.249. The third kappa shape index (κ3) is 3.92. The maximum Gasteiger partial charge on any atom is 0.224 e. The molecule has 2 heterocycles. The van der Waals surface area contributed by atoms with Gasteiger partial charge in [0.25, 0.3) is 0 Å². The van der Waals surface area contributed by atoms with Crippen LogP contribution < -0.4 is 0 Å². The third-order valence-electron chi connectivity index (χ3n) is 4.86. The fraction of sp³-hybridized carbons (Fsp3) is 0.474. The topological polar surface area (TPSA) is 25.8 Å². The Morgan fingerprint density at radius 3 is 2.48 bits per heavy atom. The molecule has 0 atom stereocenters. The Morgan fingerprint density at radius 2 is 1.78 bits per heavy atom. The molecule has 23 heavy (non-hydrogen) atoms. The zero-order valence-electron chi connectivity index (χ0n) is 13.5. The smallest absolute Gasteiger partial charge is 0.224 e. The SMILES string of the molecule is CC1(Cc2ccnc(-c3ccc(F)nc3F)c2)CCCCCC1. The molecule has 1 fully saturated rings. The lowest BCUT2D eigenvalue weighted by molar-refractivity contribution is 0.275. The number of pyridine rings is 2. The van der Waals surface area contributed by atoms with Crippen molar-refractivity contribution in [2.24, 2.45) is 5.41 Å². The highest BCUT2D eigenvalue weighted by Gasteiger charge is 2.26. The van der Waals surface area contributed by atoms with Crippen molar-refractivity contribution in [3.05, 3.63) is 47.9 Å². The average Bonchev–Trinajstić information content (AvgIpc) is 2.72. The molecule has 0 aromatic carbocycles. The Morgan fingerprint density at radius 1 is 1.04 bits per heavy atom. The molecular formula is C19H22F2N2. The monoisotopic (exact) mass is 316 g/mol. The van der Waals surface area contributed by atoms with Gasteiger partial charge in [-0.05, 0) is 54.5 Å². The third-order valence-corrected chi connectivity index (χ3v) is 4.86. The van der Waals surface area contributed by atoms with Crippen LogP contribution in [-0.4, -0.2) is 9.97 Å². The minimum atomic E-state index is -0.812. The molecule has 3 rings (SSSR count). The van der Waals surface area contributed by atoms with Gasteiger partial charge in [0, 0.05) is 6.20 Å². The molecule has 2 nitrogen and oxygen atoms in total. The Labute approximate surface area is 136 Å². The van der Waals surface area contributed by atoms with E-state index in [0.29, 0.717) is 11.1 Å². The number of aromatic nitrogens is 2. The van der Waals surface area contributed by atoms with E-state index < -0.39 is 11.9 Å². The predicted octanol–water partition coefficient (Wildman–Crippen LogP) is 5.32. The van der Waals surface area contributed by atoms with Crippen molar-refractivity contribution in [2.75, 3.05) is 0 Å². The second-order valence-corrected chi connectivity index (χ2v) is 6.92. The molecule has 1 aliphatic carbocycles. The zero-order chi connectivity index (χ0) is 16.3. The summed E-state index contributed by atoms with van der Waals surface area (Å²) < 4.78 is 26.8. The van der Waals surface area contributed by atoms with Crippen LogP contribution in [0.1, 0.15) is 51.0 Å². The van der Waals surface area contributed by atoms with E-state index in [1.54, 1.807) is 6.20 Å². The van der Waals surface area contributed by atoms with Crippen molar-refractivity contribution in [2.45, 2.75) is 51.9 Å². The van der Waals surface area contributed by atoms with E-state index in [9.17, 15) is 8.78 Å². The van der Waals surface area contributed by atoms with Crippen LogP contribution in [0.5, 0.6) is 0 Å². The van der Waals surface area contributed by atoms with Gasteiger partial charge in [-0.25, -0.2) is 0 Å². The van der Waals surface area contributed by atoms with Gasteiger partial charge in [-0.15, -0.1) is 0 Å². The standard InChI is InChI=1S/C19H22F2N2/c1-19(9-4-2-3-5-10-19)13-14-8-11-22-16(12-14)15-6-7-17(20)23-18(15)21/h6-8,11-12H,2-5,9-10,13H2,1H3. The summed E-state index contributed by atoms with van der Waals surface area (Å²) in [5.74, 6) is -1.62. The van der Waals surface area contributed by atoms with E-state index in [2.05, 4.69) is 16.9 Å². The van der Waals surface area contributed by atoms with Gasteiger partial charge >= 0.3 is 0 Å². The van der Waals surface area contributed by atoms with Crippen molar-refractivity contribution < 1.29 is 8.78 Å². The van der Waals surface area contributed by atoms with E-state index in [1.165, 1.54) is 50.7 Å². The Balaban J connectivity index is 1.85. The van der Waals surface area contributed by atoms with Gasteiger partial charge in [-0.3, -0.25) is 4.98 Å². The van der Waals surface area contributed by atoms with Gasteiger partial charge in [0.15, 0.2) is 0 Å². The van der Waals surface area contributed by atoms with Crippen LogP contribution in [0, 0.1) is 17.3 Å². The second-order valence-electron chi connectivity index (χ2n) is 6.92. The lowest BCUT2D eigenvalue weighted by atomic mass is 9.77. The molecule has 0 unspecified atom stereocenters. The normalized spacial score (nSPS) is 17.7. The van der Waals surface area contributed by atoms with Crippen molar-refractivity contribution in [3.63, 3.8) is 0 Å². The summed E-state index contributed by atoms with van der Waals surface area (Å²) >= 11 is 0. The molecule has 1 aliphatic rings. The molecule has 0 N–H and O–H groups in total. The van der Waals surface area contributed by atoms with Gasteiger partial charge in [-0.1, -0.05) is 32.6 Å². The zero-order valence-corrected chi connectivity index (χ0v) is 13.5. The Kier molecular flexibility index (Phi) is 4.69. The molecular weight excluding hydrogens is 294 g/mol. The van der Waals surface area contributed by atoms with Crippen LogP contribution in [0.4, 0.5) is 8.78 Å². The summed E-state index contributed by atoms with van der Waals surface area (Å²) in [5, 5.41) is 0. The van der Waals surface area contributed by atoms with E-state index in [1.807, 2.05) is 12.1 Å². The van der Waals surface area contributed by atoms with Crippen LogP contribution in [0.25, 0.3) is 11.3 Å². The van der Waals surface area contributed by atoms with Crippen LogP contribution in [0.2, 0.25) is 0 Å². The number of rotatable bonds is 3. The molecule has 0 aliphatic heterocycles. The molecule has 0 saturated heterocycles. The maximum absolute atomic E-state index is 13.9. The molecule has 2 aromatic heterocycles. The van der Waals surface area contributed by atoms with Crippen molar-refractivity contribution in [3.8, 4) is 11.3 Å². The highest BCUT2D eigenvalue weighted by atomic mass is 19.1. The second kappa shape index (κ2) is 6.73. The lowest BCUT2D eigenvalue weighted by Gasteiger charge is -2.28. The first-order chi connectivity index (χ1) is 11.1. The Hall–Kier alpha value is -1.84. The maximum atomic E-state index is 13.9. The fourth-order valence-corrected chi connectivity index (χ4v) is 3.59. The molecule has 2 aromatic rings. The van der Waals surface area contributed by atoms with E-state index in [4.69, 9.17) is 0 Å². The highest BCUT2D eigenvalue weighted by Crippen LogP contribution is 2.37. The minimum Gasteiger partial charge on any atom is -0.256 e. The number of nitrogens with zero attached hydrogens (tertiary/aromatic N) is 2. The van der Waals surface area contributed by atoms with E-state index >= 15 is 0 Å². The van der Waals surface area contributed by atoms with Crippen LogP contribution >= 0.6 is 0 Å². The van der Waals surface area contributed by atoms with Gasteiger partial charge < -0.3 is 0 Å². The van der Waals surface area contributed by atoms with Gasteiger partial charge in [-0.2, -0.15) is 13.8 Å². The van der Waals surface area contributed by atoms with E-state index in [-0.39, 0.29) is 5.56 Å². The highest BCUT2D eigenvalue weighted by molar-refractivity contribution is 5.59. The van der Waals surface area contributed by atoms with Gasteiger partial charge in [0.2, 0.25) is 11.9 Å². The fourth-order valence-electron chi connectivity index (χ4n) is 3.59. The summed E-state index contributed by atoms with van der Waals surface area (Å²) in [5.41, 5.74) is 2.22. The number of hydrogen-bond donors (Lipinski definition) is 0. The largest absolute Gasteiger partial charge is 0.256 e. The lowest BCUT2D eigenvalue weighted by Crippen LogP contribution is -2.18. The summed E-state index contributed by atoms with van der Waals surface area (Å²) in [6.07, 6.45) is 10.4. The predicted molar refractivity (Wildman–Crippen MR) is 86.9 cm³/mol. The van der Waals surface area contributed by atoms with Gasteiger partial charge in [0.1, 0.15) is 0 Å². The van der Waals surface area contributed by atoms with Crippen LogP contribution in [-0.2, 0) is 6.42 Å². The first-order valence-electron chi connectivity index (χ1n) is 8.33. The van der Waals surface area contributed by atoms with Crippen molar-refractivity contribution in [1.29, 1.82) is 0 Å². The summed E-state index contributed by atoms with van der Waals surface area (Å²) in [4.78, 5) is 7.48. The molecule has 0 bridgehead atoms. The van der Waals surface area contributed by atoms with E-state index in [0.717, 1.165) is 12.0 Å². The molecule has 1 saturated carbocycles. The van der Waals surface area contributed by atoms with Crippen molar-refractivity contribution >= 4 is 0 Å². The summed E-state index contributed by atoms with van der Waals surface area (Å²) in [6.45, 7) is 2.35. The van der Waals surface area contributed by atoms with Crippen LogP contribution in [0.15, 0.2) is 30.5 Å². The molecule has 0 amide bonds. The molecule has 0 radical (unpaired) electrons. The summed E-state index contributed by atoms with van der Waals surface area (Å²) in [7, 11) is 0. The molecule has 0 spiro atoms. The first-order valence-corrected chi connectivity index (χ1v) is 8.33. The van der Waals surface area contributed by atoms with Crippen molar-refractivity contribution in [1.82, 2.24) is 9.97 Å². The average molecular weight is 316 g/mol. The molecule has 4 heteroatoms.